The molecule has 2 saturated carbocycles. The molecule has 5 heteroatoms. The molecule has 18 heavy (non-hydrogen) atoms. The third-order valence-corrected chi connectivity index (χ3v) is 3.61. The minimum atomic E-state index is -0.464. The van der Waals surface area contributed by atoms with E-state index in [9.17, 15) is 9.59 Å². The van der Waals surface area contributed by atoms with E-state index in [-0.39, 0.29) is 18.0 Å². The molecular formula is C13H23N3O2. The normalized spacial score (nSPS) is 22.1. The summed E-state index contributed by atoms with van der Waals surface area (Å²) in [5.74, 6) is -0.0868. The van der Waals surface area contributed by atoms with Crippen LogP contribution in [0.3, 0.4) is 0 Å². The number of rotatable bonds is 4. The van der Waals surface area contributed by atoms with Crippen molar-refractivity contribution < 1.29 is 9.59 Å². The molecule has 3 amide bonds. The molecule has 0 aromatic carbocycles. The lowest BCUT2D eigenvalue weighted by molar-refractivity contribution is -0.122. The molecule has 0 spiro atoms. The van der Waals surface area contributed by atoms with Gasteiger partial charge in [0.05, 0.1) is 0 Å². The topological polar surface area (TPSA) is 70.2 Å². The molecule has 0 aromatic rings. The zero-order chi connectivity index (χ0) is 13.0. The van der Waals surface area contributed by atoms with Crippen LogP contribution in [0.2, 0.25) is 0 Å². The molecular weight excluding hydrogens is 230 g/mol. The molecule has 2 fully saturated rings. The predicted molar refractivity (Wildman–Crippen MR) is 69.2 cm³/mol. The zero-order valence-corrected chi connectivity index (χ0v) is 11.0. The van der Waals surface area contributed by atoms with Crippen LogP contribution in [0.15, 0.2) is 0 Å². The molecule has 0 aromatic heterocycles. The van der Waals surface area contributed by atoms with Crippen molar-refractivity contribution in [2.45, 2.75) is 70.0 Å². The summed E-state index contributed by atoms with van der Waals surface area (Å²) in [5, 5.41) is 8.52. The number of hydrogen-bond acceptors (Lipinski definition) is 2. The molecule has 1 unspecified atom stereocenters. The highest BCUT2D eigenvalue weighted by Gasteiger charge is 2.26. The van der Waals surface area contributed by atoms with Crippen LogP contribution >= 0.6 is 0 Å². The van der Waals surface area contributed by atoms with Gasteiger partial charge in [-0.3, -0.25) is 4.79 Å². The first-order valence-electron chi connectivity index (χ1n) is 7.02. The highest BCUT2D eigenvalue weighted by molar-refractivity contribution is 5.87. The first-order valence-corrected chi connectivity index (χ1v) is 7.02. The Balaban J connectivity index is 1.66. The summed E-state index contributed by atoms with van der Waals surface area (Å²) in [7, 11) is 0. The number of hydrogen-bond donors (Lipinski definition) is 3. The first-order chi connectivity index (χ1) is 8.65. The first kappa shape index (κ1) is 13.2. The average molecular weight is 253 g/mol. The summed E-state index contributed by atoms with van der Waals surface area (Å²) in [5.41, 5.74) is 0. The van der Waals surface area contributed by atoms with Crippen molar-refractivity contribution in [2.75, 3.05) is 0 Å². The quantitative estimate of drug-likeness (QED) is 0.706. The van der Waals surface area contributed by atoms with Gasteiger partial charge in [0.25, 0.3) is 0 Å². The molecule has 0 saturated heterocycles. The van der Waals surface area contributed by atoms with Crippen molar-refractivity contribution in [1.82, 2.24) is 16.0 Å². The number of urea groups is 1. The van der Waals surface area contributed by atoms with E-state index >= 15 is 0 Å². The minimum Gasteiger partial charge on any atom is -0.352 e. The van der Waals surface area contributed by atoms with Gasteiger partial charge in [0.1, 0.15) is 6.04 Å². The van der Waals surface area contributed by atoms with Gasteiger partial charge in [0, 0.05) is 12.1 Å². The number of nitrogens with one attached hydrogen (secondary N) is 3. The van der Waals surface area contributed by atoms with E-state index < -0.39 is 6.04 Å². The Hall–Kier alpha value is -1.26. The third kappa shape index (κ3) is 4.20. The average Bonchev–Trinajstić information content (AvgIpc) is 3.14. The summed E-state index contributed by atoms with van der Waals surface area (Å²) < 4.78 is 0. The van der Waals surface area contributed by atoms with Gasteiger partial charge >= 0.3 is 6.03 Å². The number of carbonyl (C=O) groups excluding carboxylic acids is 2. The summed E-state index contributed by atoms with van der Waals surface area (Å²) in [6, 6.07) is -0.0739. The second kappa shape index (κ2) is 6.07. The Kier molecular flexibility index (Phi) is 4.44. The van der Waals surface area contributed by atoms with Crippen molar-refractivity contribution in [2.24, 2.45) is 0 Å². The fourth-order valence-corrected chi connectivity index (χ4v) is 2.29. The van der Waals surface area contributed by atoms with E-state index in [0.717, 1.165) is 25.7 Å². The fraction of sp³-hybridized carbons (Fsp3) is 0.846. The Bertz CT molecular complexity index is 309. The monoisotopic (exact) mass is 253 g/mol. The maximum atomic E-state index is 11.7. The number of carbonyl (C=O) groups is 2. The fourth-order valence-electron chi connectivity index (χ4n) is 2.29. The van der Waals surface area contributed by atoms with Gasteiger partial charge in [-0.25, -0.2) is 4.79 Å². The molecule has 1 atom stereocenters. The Morgan fingerprint density at radius 2 is 1.56 bits per heavy atom. The van der Waals surface area contributed by atoms with Gasteiger partial charge < -0.3 is 16.0 Å². The maximum absolute atomic E-state index is 11.7. The van der Waals surface area contributed by atoms with Gasteiger partial charge in [-0.05, 0) is 32.6 Å². The smallest absolute Gasteiger partial charge is 0.315 e. The van der Waals surface area contributed by atoms with Gasteiger partial charge in [0.2, 0.25) is 5.91 Å². The standard InChI is InChI=1S/C13H23N3O2/c1-9(12(17)15-11-7-8-11)14-13(18)16-10-5-3-2-4-6-10/h9-11H,2-8H2,1H3,(H,15,17)(H2,14,16,18). The van der Waals surface area contributed by atoms with E-state index in [1.807, 2.05) is 0 Å². The van der Waals surface area contributed by atoms with E-state index in [2.05, 4.69) is 16.0 Å². The Morgan fingerprint density at radius 1 is 0.944 bits per heavy atom. The largest absolute Gasteiger partial charge is 0.352 e. The van der Waals surface area contributed by atoms with Crippen molar-refractivity contribution in [3.63, 3.8) is 0 Å². The van der Waals surface area contributed by atoms with Gasteiger partial charge in [0.15, 0.2) is 0 Å². The zero-order valence-electron chi connectivity index (χ0n) is 11.0. The molecule has 102 valence electrons. The SMILES string of the molecule is CC(NC(=O)NC1CCCCC1)C(=O)NC1CC1. The van der Waals surface area contributed by atoms with Crippen molar-refractivity contribution in [1.29, 1.82) is 0 Å². The second-order valence-corrected chi connectivity index (χ2v) is 5.46. The Labute approximate surface area is 108 Å². The van der Waals surface area contributed by atoms with Crippen LogP contribution in [-0.4, -0.2) is 30.1 Å². The van der Waals surface area contributed by atoms with Gasteiger partial charge in [-0.2, -0.15) is 0 Å². The second-order valence-electron chi connectivity index (χ2n) is 5.46. The molecule has 5 nitrogen and oxygen atoms in total. The highest BCUT2D eigenvalue weighted by Crippen LogP contribution is 2.18. The number of amides is 3. The van der Waals surface area contributed by atoms with Crippen LogP contribution in [0.1, 0.15) is 51.9 Å². The van der Waals surface area contributed by atoms with Crippen LogP contribution in [-0.2, 0) is 4.79 Å². The summed E-state index contributed by atoms with van der Waals surface area (Å²) >= 11 is 0. The molecule has 0 radical (unpaired) electrons. The predicted octanol–water partition coefficient (Wildman–Crippen LogP) is 1.29. The van der Waals surface area contributed by atoms with Gasteiger partial charge in [-0.15, -0.1) is 0 Å². The van der Waals surface area contributed by atoms with E-state index in [4.69, 9.17) is 0 Å². The van der Waals surface area contributed by atoms with E-state index in [1.54, 1.807) is 6.92 Å². The lowest BCUT2D eigenvalue weighted by Crippen LogP contribution is -2.51. The van der Waals surface area contributed by atoms with Crippen molar-refractivity contribution in [3.05, 3.63) is 0 Å². The summed E-state index contributed by atoms with van der Waals surface area (Å²) in [6.07, 6.45) is 7.86. The summed E-state index contributed by atoms with van der Waals surface area (Å²) in [6.45, 7) is 1.72. The van der Waals surface area contributed by atoms with Crippen LogP contribution in [0.4, 0.5) is 4.79 Å². The third-order valence-electron chi connectivity index (χ3n) is 3.61. The lowest BCUT2D eigenvalue weighted by Gasteiger charge is -2.24. The van der Waals surface area contributed by atoms with Crippen molar-refractivity contribution >= 4 is 11.9 Å². The molecule has 2 rings (SSSR count). The van der Waals surface area contributed by atoms with Crippen LogP contribution < -0.4 is 16.0 Å². The van der Waals surface area contributed by atoms with Crippen LogP contribution in [0, 0.1) is 0 Å². The van der Waals surface area contributed by atoms with Crippen LogP contribution in [0.5, 0.6) is 0 Å². The Morgan fingerprint density at radius 3 is 2.17 bits per heavy atom. The maximum Gasteiger partial charge on any atom is 0.315 e. The molecule has 0 bridgehead atoms. The molecule has 2 aliphatic rings. The molecule has 0 heterocycles. The van der Waals surface area contributed by atoms with E-state index in [0.29, 0.717) is 6.04 Å². The molecule has 0 aliphatic heterocycles. The van der Waals surface area contributed by atoms with Crippen LogP contribution in [0.25, 0.3) is 0 Å². The minimum absolute atomic E-state index is 0.0868. The molecule has 2 aliphatic carbocycles. The van der Waals surface area contributed by atoms with Crippen molar-refractivity contribution in [3.8, 4) is 0 Å². The molecule has 3 N–H and O–H groups in total. The highest BCUT2D eigenvalue weighted by atomic mass is 16.2. The summed E-state index contributed by atoms with van der Waals surface area (Å²) in [4.78, 5) is 23.4. The van der Waals surface area contributed by atoms with Gasteiger partial charge in [-0.1, -0.05) is 19.3 Å². The van der Waals surface area contributed by atoms with E-state index in [1.165, 1.54) is 19.3 Å². The lowest BCUT2D eigenvalue weighted by atomic mass is 9.96.